The number of aliphatic hydroxyl groups is 1. The summed E-state index contributed by atoms with van der Waals surface area (Å²) in [6, 6.07) is 10.8. The second kappa shape index (κ2) is 6.36. The van der Waals surface area contributed by atoms with E-state index in [9.17, 15) is 9.90 Å². The third kappa shape index (κ3) is 3.81. The van der Waals surface area contributed by atoms with Crippen LogP contribution in [-0.2, 0) is 4.79 Å². The number of hydrogen-bond acceptors (Lipinski definition) is 4. The molecule has 2 N–H and O–H groups in total. The molecule has 0 amide bonds. The number of carbonyl (C=O) groups is 1. The monoisotopic (exact) mass is 275 g/mol. The number of aliphatic carboxylic acids is 1. The molecule has 0 aliphatic rings. The van der Waals surface area contributed by atoms with E-state index in [1.165, 1.54) is 11.8 Å². The van der Waals surface area contributed by atoms with E-state index in [1.807, 2.05) is 18.2 Å². The van der Waals surface area contributed by atoms with Gasteiger partial charge in [0, 0.05) is 22.9 Å². The molecule has 1 atom stereocenters. The van der Waals surface area contributed by atoms with E-state index in [1.54, 1.807) is 30.6 Å². The lowest BCUT2D eigenvalue weighted by Crippen LogP contribution is -2.00. The van der Waals surface area contributed by atoms with Crippen LogP contribution in [0.4, 0.5) is 0 Å². The van der Waals surface area contributed by atoms with Crippen molar-refractivity contribution in [3.8, 4) is 0 Å². The van der Waals surface area contributed by atoms with Crippen LogP contribution in [0.3, 0.4) is 0 Å². The summed E-state index contributed by atoms with van der Waals surface area (Å²) in [7, 11) is 0. The molecule has 4 nitrogen and oxygen atoms in total. The van der Waals surface area contributed by atoms with Gasteiger partial charge in [-0.15, -0.1) is 11.8 Å². The highest BCUT2D eigenvalue weighted by atomic mass is 32.2. The predicted octanol–water partition coefficient (Wildman–Crippen LogP) is 2.34. The highest BCUT2D eigenvalue weighted by molar-refractivity contribution is 8.00. The highest BCUT2D eigenvalue weighted by Crippen LogP contribution is 2.24. The SMILES string of the molecule is O=C(O)CSc1ccc(C(O)c2cccnc2)cc1. The molecule has 19 heavy (non-hydrogen) atoms. The number of hydrogen-bond donors (Lipinski definition) is 2. The Balaban J connectivity index is 2.08. The van der Waals surface area contributed by atoms with E-state index in [-0.39, 0.29) is 5.75 Å². The topological polar surface area (TPSA) is 70.4 Å². The molecule has 0 aliphatic heterocycles. The summed E-state index contributed by atoms with van der Waals surface area (Å²) >= 11 is 1.25. The summed E-state index contributed by atoms with van der Waals surface area (Å²) in [5.74, 6) is -0.811. The standard InChI is InChI=1S/C14H13NO3S/c16-13(17)9-19-12-5-3-10(4-6-12)14(18)11-2-1-7-15-8-11/h1-8,14,18H,9H2,(H,16,17). The molecule has 1 heterocycles. The molecule has 98 valence electrons. The molecule has 0 aliphatic carbocycles. The van der Waals surface area contributed by atoms with Gasteiger partial charge in [0.2, 0.25) is 0 Å². The Bertz CT molecular complexity index is 542. The first kappa shape index (κ1) is 13.6. The van der Waals surface area contributed by atoms with Crippen LogP contribution >= 0.6 is 11.8 Å². The van der Waals surface area contributed by atoms with Gasteiger partial charge in [-0.05, 0) is 23.8 Å². The van der Waals surface area contributed by atoms with Crippen molar-refractivity contribution in [2.24, 2.45) is 0 Å². The van der Waals surface area contributed by atoms with Gasteiger partial charge in [0.05, 0.1) is 5.75 Å². The van der Waals surface area contributed by atoms with Gasteiger partial charge in [-0.2, -0.15) is 0 Å². The molecule has 0 bridgehead atoms. The average Bonchev–Trinajstić information content (AvgIpc) is 2.46. The smallest absolute Gasteiger partial charge is 0.313 e. The number of aliphatic hydroxyl groups excluding tert-OH is 1. The van der Waals surface area contributed by atoms with E-state index < -0.39 is 12.1 Å². The maximum Gasteiger partial charge on any atom is 0.313 e. The average molecular weight is 275 g/mol. The first-order valence-electron chi connectivity index (χ1n) is 5.69. The first-order chi connectivity index (χ1) is 9.16. The van der Waals surface area contributed by atoms with Crippen LogP contribution in [0.1, 0.15) is 17.2 Å². The molecular formula is C14H13NO3S. The number of thioether (sulfide) groups is 1. The van der Waals surface area contributed by atoms with E-state index in [0.29, 0.717) is 0 Å². The Morgan fingerprint density at radius 3 is 2.53 bits per heavy atom. The fraction of sp³-hybridized carbons (Fsp3) is 0.143. The number of benzene rings is 1. The van der Waals surface area contributed by atoms with Crippen molar-refractivity contribution in [1.29, 1.82) is 0 Å². The van der Waals surface area contributed by atoms with Gasteiger partial charge in [0.1, 0.15) is 6.10 Å². The lowest BCUT2D eigenvalue weighted by Gasteiger charge is -2.11. The molecule has 1 aromatic heterocycles. The van der Waals surface area contributed by atoms with Gasteiger partial charge < -0.3 is 10.2 Å². The van der Waals surface area contributed by atoms with E-state index in [0.717, 1.165) is 16.0 Å². The van der Waals surface area contributed by atoms with Gasteiger partial charge in [-0.3, -0.25) is 9.78 Å². The summed E-state index contributed by atoms with van der Waals surface area (Å²) < 4.78 is 0. The molecular weight excluding hydrogens is 262 g/mol. The number of carboxylic acids is 1. The van der Waals surface area contributed by atoms with Gasteiger partial charge in [0.25, 0.3) is 0 Å². The number of pyridine rings is 1. The first-order valence-corrected chi connectivity index (χ1v) is 6.68. The quantitative estimate of drug-likeness (QED) is 0.820. The fourth-order valence-corrected chi connectivity index (χ4v) is 2.24. The maximum absolute atomic E-state index is 10.5. The van der Waals surface area contributed by atoms with E-state index in [4.69, 9.17) is 5.11 Å². The molecule has 1 unspecified atom stereocenters. The van der Waals surface area contributed by atoms with Gasteiger partial charge >= 0.3 is 5.97 Å². The maximum atomic E-state index is 10.5. The Hall–Kier alpha value is -1.85. The highest BCUT2D eigenvalue weighted by Gasteiger charge is 2.10. The normalized spacial score (nSPS) is 12.1. The zero-order chi connectivity index (χ0) is 13.7. The van der Waals surface area contributed by atoms with Crippen molar-refractivity contribution in [2.75, 3.05) is 5.75 Å². The summed E-state index contributed by atoms with van der Waals surface area (Å²) in [6.45, 7) is 0. The Morgan fingerprint density at radius 1 is 1.21 bits per heavy atom. The second-order valence-electron chi connectivity index (χ2n) is 3.94. The lowest BCUT2D eigenvalue weighted by atomic mass is 10.0. The second-order valence-corrected chi connectivity index (χ2v) is 4.99. The summed E-state index contributed by atoms with van der Waals surface area (Å²) in [5, 5.41) is 18.8. The van der Waals surface area contributed by atoms with Crippen LogP contribution in [0, 0.1) is 0 Å². The van der Waals surface area contributed by atoms with Crippen molar-refractivity contribution in [3.05, 3.63) is 59.9 Å². The molecule has 0 fully saturated rings. The van der Waals surface area contributed by atoms with Gasteiger partial charge in [0.15, 0.2) is 0 Å². The molecule has 0 saturated carbocycles. The number of carboxylic acid groups (broad SMARTS) is 1. The van der Waals surface area contributed by atoms with Crippen molar-refractivity contribution >= 4 is 17.7 Å². The van der Waals surface area contributed by atoms with E-state index >= 15 is 0 Å². The molecule has 2 aromatic rings. The Morgan fingerprint density at radius 2 is 1.95 bits per heavy atom. The molecule has 0 spiro atoms. The predicted molar refractivity (Wildman–Crippen MR) is 73.1 cm³/mol. The summed E-state index contributed by atoms with van der Waals surface area (Å²) in [4.78, 5) is 15.3. The van der Waals surface area contributed by atoms with Crippen molar-refractivity contribution in [2.45, 2.75) is 11.0 Å². The third-order valence-electron chi connectivity index (χ3n) is 2.56. The molecule has 5 heteroatoms. The minimum absolute atomic E-state index is 0.0322. The third-order valence-corrected chi connectivity index (χ3v) is 3.56. The lowest BCUT2D eigenvalue weighted by molar-refractivity contribution is -0.133. The van der Waals surface area contributed by atoms with Crippen LogP contribution < -0.4 is 0 Å². The molecule has 0 saturated heterocycles. The van der Waals surface area contributed by atoms with Crippen LogP contribution in [-0.4, -0.2) is 26.9 Å². The number of aromatic nitrogens is 1. The van der Waals surface area contributed by atoms with Gasteiger partial charge in [-0.1, -0.05) is 18.2 Å². The fourth-order valence-electron chi connectivity index (χ4n) is 1.62. The van der Waals surface area contributed by atoms with Crippen LogP contribution in [0.15, 0.2) is 53.7 Å². The number of rotatable bonds is 5. The van der Waals surface area contributed by atoms with Crippen LogP contribution in [0.5, 0.6) is 0 Å². The number of nitrogens with zero attached hydrogens (tertiary/aromatic N) is 1. The van der Waals surface area contributed by atoms with Crippen LogP contribution in [0.2, 0.25) is 0 Å². The molecule has 1 aromatic carbocycles. The van der Waals surface area contributed by atoms with Crippen LogP contribution in [0.25, 0.3) is 0 Å². The minimum atomic E-state index is -0.843. The zero-order valence-corrected chi connectivity index (χ0v) is 10.9. The van der Waals surface area contributed by atoms with Crippen molar-refractivity contribution in [1.82, 2.24) is 4.98 Å². The minimum Gasteiger partial charge on any atom is -0.481 e. The van der Waals surface area contributed by atoms with Crippen molar-refractivity contribution in [3.63, 3.8) is 0 Å². The Kier molecular flexibility index (Phi) is 4.54. The summed E-state index contributed by atoms with van der Waals surface area (Å²) in [5.41, 5.74) is 1.49. The largest absolute Gasteiger partial charge is 0.481 e. The Labute approximate surface area is 115 Å². The molecule has 0 radical (unpaired) electrons. The van der Waals surface area contributed by atoms with E-state index in [2.05, 4.69) is 4.98 Å². The zero-order valence-electron chi connectivity index (χ0n) is 10.1. The van der Waals surface area contributed by atoms with Gasteiger partial charge in [-0.25, -0.2) is 0 Å². The summed E-state index contributed by atoms with van der Waals surface area (Å²) in [6.07, 6.45) is 2.56. The molecule has 2 rings (SSSR count). The van der Waals surface area contributed by atoms with Crippen molar-refractivity contribution < 1.29 is 15.0 Å².